The Morgan fingerprint density at radius 2 is 1.83 bits per heavy atom. The van der Waals surface area contributed by atoms with Crippen LogP contribution in [0, 0.1) is 6.92 Å². The Balaban J connectivity index is 1.72. The Morgan fingerprint density at radius 1 is 1.12 bits per heavy atom. The predicted octanol–water partition coefficient (Wildman–Crippen LogP) is 4.44. The molecular formula is C18H21ClN4O. The van der Waals surface area contributed by atoms with E-state index in [2.05, 4.69) is 20.6 Å². The van der Waals surface area contributed by atoms with E-state index in [0.29, 0.717) is 28.3 Å². The summed E-state index contributed by atoms with van der Waals surface area (Å²) in [5, 5.41) is 6.90. The van der Waals surface area contributed by atoms with Crippen LogP contribution in [0.15, 0.2) is 30.3 Å². The molecule has 1 aromatic carbocycles. The first-order valence-electron chi connectivity index (χ1n) is 8.29. The van der Waals surface area contributed by atoms with E-state index in [1.807, 2.05) is 0 Å². The summed E-state index contributed by atoms with van der Waals surface area (Å²) in [6.45, 7) is 1.80. The van der Waals surface area contributed by atoms with E-state index in [0.717, 1.165) is 18.7 Å². The molecule has 0 saturated heterocycles. The highest BCUT2D eigenvalue weighted by Gasteiger charge is 2.16. The minimum Gasteiger partial charge on any atom is -0.367 e. The Kier molecular flexibility index (Phi) is 5.30. The van der Waals surface area contributed by atoms with Crippen LogP contribution >= 0.6 is 11.6 Å². The number of nitrogens with one attached hydrogen (secondary N) is 2. The molecule has 0 atom stereocenters. The van der Waals surface area contributed by atoms with Crippen LogP contribution in [0.4, 0.5) is 11.5 Å². The normalized spacial score (nSPS) is 15.1. The van der Waals surface area contributed by atoms with E-state index in [-0.39, 0.29) is 5.91 Å². The summed E-state index contributed by atoms with van der Waals surface area (Å²) in [5.41, 5.74) is 1.04. The van der Waals surface area contributed by atoms with Crippen LogP contribution in [0.25, 0.3) is 0 Å². The van der Waals surface area contributed by atoms with E-state index in [9.17, 15) is 4.79 Å². The van der Waals surface area contributed by atoms with E-state index in [4.69, 9.17) is 11.6 Å². The molecule has 0 radical (unpaired) electrons. The number of carbonyl (C=O) groups excluding carboxylic acids is 1. The molecule has 0 spiro atoms. The molecule has 1 aliphatic rings. The summed E-state index contributed by atoms with van der Waals surface area (Å²) in [6, 6.07) is 9.13. The third-order valence-electron chi connectivity index (χ3n) is 4.13. The van der Waals surface area contributed by atoms with Crippen LogP contribution in [-0.4, -0.2) is 21.9 Å². The van der Waals surface area contributed by atoms with Crippen LogP contribution in [-0.2, 0) is 0 Å². The number of hydrogen-bond acceptors (Lipinski definition) is 4. The van der Waals surface area contributed by atoms with Gasteiger partial charge in [-0.15, -0.1) is 0 Å². The van der Waals surface area contributed by atoms with Gasteiger partial charge in [0.05, 0.1) is 0 Å². The second kappa shape index (κ2) is 7.62. The van der Waals surface area contributed by atoms with Gasteiger partial charge in [-0.25, -0.2) is 9.97 Å². The molecule has 0 aliphatic heterocycles. The Morgan fingerprint density at radius 3 is 2.54 bits per heavy atom. The van der Waals surface area contributed by atoms with Crippen LogP contribution in [0.5, 0.6) is 0 Å². The fraction of sp³-hybridized carbons (Fsp3) is 0.389. The van der Waals surface area contributed by atoms with Gasteiger partial charge in [-0.2, -0.15) is 0 Å². The summed E-state index contributed by atoms with van der Waals surface area (Å²) in [6.07, 6.45) is 6.08. The van der Waals surface area contributed by atoms with Crippen molar-refractivity contribution in [3.05, 3.63) is 46.9 Å². The molecule has 0 bridgehead atoms. The zero-order valence-electron chi connectivity index (χ0n) is 13.7. The fourth-order valence-corrected chi connectivity index (χ4v) is 3.07. The summed E-state index contributed by atoms with van der Waals surface area (Å²) in [7, 11) is 0. The van der Waals surface area contributed by atoms with Crippen LogP contribution in [0.3, 0.4) is 0 Å². The lowest BCUT2D eigenvalue weighted by Crippen LogP contribution is -2.24. The lowest BCUT2D eigenvalue weighted by Gasteiger charge is -2.23. The summed E-state index contributed by atoms with van der Waals surface area (Å²) in [5.74, 6) is 1.04. The number of nitrogens with zero attached hydrogens (tertiary/aromatic N) is 2. The van der Waals surface area contributed by atoms with Crippen LogP contribution in [0.2, 0.25) is 5.02 Å². The average Bonchev–Trinajstić information content (AvgIpc) is 2.57. The number of rotatable bonds is 4. The van der Waals surface area contributed by atoms with Crippen molar-refractivity contribution in [3.63, 3.8) is 0 Å². The molecule has 1 heterocycles. The molecule has 5 nitrogen and oxygen atoms in total. The Labute approximate surface area is 146 Å². The van der Waals surface area contributed by atoms with Crippen molar-refractivity contribution < 1.29 is 4.79 Å². The lowest BCUT2D eigenvalue weighted by molar-refractivity contribution is 0.102. The van der Waals surface area contributed by atoms with Gasteiger partial charge in [-0.1, -0.05) is 30.9 Å². The quantitative estimate of drug-likeness (QED) is 0.860. The molecule has 2 N–H and O–H groups in total. The third-order valence-corrected chi connectivity index (χ3v) is 4.38. The molecule has 126 valence electrons. The summed E-state index contributed by atoms with van der Waals surface area (Å²) < 4.78 is 0. The first-order valence-corrected chi connectivity index (χ1v) is 8.67. The van der Waals surface area contributed by atoms with Gasteiger partial charge in [0.1, 0.15) is 17.3 Å². The van der Waals surface area contributed by atoms with E-state index in [1.54, 1.807) is 37.3 Å². The molecule has 24 heavy (non-hydrogen) atoms. The second-order valence-corrected chi connectivity index (χ2v) is 6.56. The van der Waals surface area contributed by atoms with Crippen molar-refractivity contribution in [2.45, 2.75) is 45.1 Å². The zero-order chi connectivity index (χ0) is 16.9. The number of aromatic nitrogens is 2. The van der Waals surface area contributed by atoms with Gasteiger partial charge in [0.2, 0.25) is 0 Å². The number of carbonyl (C=O) groups is 1. The maximum Gasteiger partial charge on any atom is 0.274 e. The first-order chi connectivity index (χ1) is 11.6. The van der Waals surface area contributed by atoms with Crippen molar-refractivity contribution in [1.82, 2.24) is 9.97 Å². The van der Waals surface area contributed by atoms with E-state index >= 15 is 0 Å². The van der Waals surface area contributed by atoms with Crippen molar-refractivity contribution >= 4 is 29.0 Å². The molecule has 0 unspecified atom stereocenters. The molecule has 1 saturated carbocycles. The highest BCUT2D eigenvalue weighted by Crippen LogP contribution is 2.21. The van der Waals surface area contributed by atoms with Crippen molar-refractivity contribution in [3.8, 4) is 0 Å². The largest absolute Gasteiger partial charge is 0.367 e. The smallest absolute Gasteiger partial charge is 0.274 e. The number of benzene rings is 1. The van der Waals surface area contributed by atoms with Crippen molar-refractivity contribution in [2.75, 3.05) is 10.6 Å². The van der Waals surface area contributed by atoms with Gasteiger partial charge in [-0.3, -0.25) is 4.79 Å². The number of hydrogen-bond donors (Lipinski definition) is 2. The van der Waals surface area contributed by atoms with Gasteiger partial charge in [0.15, 0.2) is 0 Å². The van der Waals surface area contributed by atoms with Gasteiger partial charge in [0.25, 0.3) is 5.91 Å². The molecule has 6 heteroatoms. The Hall–Kier alpha value is -2.14. The molecule has 2 aromatic rings. The molecule has 1 aromatic heterocycles. The monoisotopic (exact) mass is 344 g/mol. The fourth-order valence-electron chi connectivity index (χ4n) is 2.94. The Bertz CT molecular complexity index is 711. The third kappa shape index (κ3) is 4.45. The highest BCUT2D eigenvalue weighted by atomic mass is 35.5. The zero-order valence-corrected chi connectivity index (χ0v) is 14.4. The van der Waals surface area contributed by atoms with Gasteiger partial charge >= 0.3 is 0 Å². The predicted molar refractivity (Wildman–Crippen MR) is 96.7 cm³/mol. The summed E-state index contributed by atoms with van der Waals surface area (Å²) in [4.78, 5) is 21.1. The molecule has 1 fully saturated rings. The van der Waals surface area contributed by atoms with Crippen LogP contribution < -0.4 is 10.6 Å². The van der Waals surface area contributed by atoms with E-state index < -0.39 is 0 Å². The van der Waals surface area contributed by atoms with Gasteiger partial charge in [-0.05, 0) is 44.0 Å². The van der Waals surface area contributed by atoms with Gasteiger partial charge < -0.3 is 10.6 Å². The lowest BCUT2D eigenvalue weighted by atomic mass is 9.95. The SMILES string of the molecule is Cc1nc(NC2CCCCC2)cc(C(=O)Nc2ccc(Cl)cc2)n1. The highest BCUT2D eigenvalue weighted by molar-refractivity contribution is 6.30. The molecule has 3 rings (SSSR count). The standard InChI is InChI=1S/C18H21ClN4O/c1-12-20-16(18(24)23-15-9-7-13(19)8-10-15)11-17(21-12)22-14-5-3-2-4-6-14/h7-11,14H,2-6H2,1H3,(H,23,24)(H,20,21,22). The topological polar surface area (TPSA) is 66.9 Å². The minimum atomic E-state index is -0.255. The number of amides is 1. The average molecular weight is 345 g/mol. The molecule has 1 aliphatic carbocycles. The van der Waals surface area contributed by atoms with Crippen LogP contribution in [0.1, 0.15) is 48.4 Å². The maximum absolute atomic E-state index is 12.4. The first kappa shape index (κ1) is 16.7. The van der Waals surface area contributed by atoms with Crippen molar-refractivity contribution in [2.24, 2.45) is 0 Å². The number of aryl methyl sites for hydroxylation is 1. The van der Waals surface area contributed by atoms with Gasteiger partial charge in [0, 0.05) is 22.8 Å². The minimum absolute atomic E-state index is 0.255. The number of anilines is 2. The number of halogens is 1. The molecule has 1 amide bonds. The molecular weight excluding hydrogens is 324 g/mol. The van der Waals surface area contributed by atoms with Crippen molar-refractivity contribution in [1.29, 1.82) is 0 Å². The maximum atomic E-state index is 12.4. The second-order valence-electron chi connectivity index (χ2n) is 6.13. The van der Waals surface area contributed by atoms with E-state index in [1.165, 1.54) is 19.3 Å². The summed E-state index contributed by atoms with van der Waals surface area (Å²) >= 11 is 5.86.